The second kappa shape index (κ2) is 18.3. The number of rotatable bonds is 2. The number of para-hydroxylation sites is 1. The summed E-state index contributed by atoms with van der Waals surface area (Å²) in [6.07, 6.45) is 0. The molecule has 1 heterocycles. The molecule has 30 heavy (non-hydrogen) atoms. The van der Waals surface area contributed by atoms with E-state index in [1.807, 2.05) is 73.6 Å². The van der Waals surface area contributed by atoms with Crippen LogP contribution in [0.5, 0.6) is 0 Å². The summed E-state index contributed by atoms with van der Waals surface area (Å²) in [5.41, 5.74) is 4.79. The molecule has 1 radical (unpaired) electrons. The summed E-state index contributed by atoms with van der Waals surface area (Å²) in [5, 5.41) is 2.57. The van der Waals surface area contributed by atoms with Gasteiger partial charge in [0.05, 0.1) is 0 Å². The first kappa shape index (κ1) is 30.8. The average molecular weight is 479 g/mol. The molecule has 1 nitrogen and oxygen atoms in total. The molecule has 4 rings (SSSR count). The van der Waals surface area contributed by atoms with Crippen molar-refractivity contribution in [1.29, 1.82) is 0 Å². The van der Waals surface area contributed by atoms with Crippen LogP contribution in [-0.2, 0) is 39.3 Å². The van der Waals surface area contributed by atoms with Crippen molar-refractivity contribution in [3.63, 3.8) is 0 Å². The van der Waals surface area contributed by atoms with Crippen molar-refractivity contribution in [2.75, 3.05) is 0 Å². The van der Waals surface area contributed by atoms with Crippen molar-refractivity contribution in [2.45, 2.75) is 68.9 Å². The molecule has 0 unspecified atom stereocenters. The molecule has 0 N–H and O–H groups in total. The number of nitrogens with zero attached hydrogens (tertiary/aromatic N) is 1. The topological polar surface area (TPSA) is 4.93 Å². The molecule has 3 aromatic carbocycles. The molecule has 0 amide bonds. The van der Waals surface area contributed by atoms with Crippen molar-refractivity contribution in [1.82, 2.24) is 4.57 Å². The minimum atomic E-state index is 0. The van der Waals surface area contributed by atoms with Crippen molar-refractivity contribution in [3.05, 3.63) is 72.8 Å². The van der Waals surface area contributed by atoms with Crippen LogP contribution >= 0.6 is 0 Å². The predicted octanol–water partition coefficient (Wildman–Crippen LogP) is 9.18. The number of benzene rings is 3. The van der Waals surface area contributed by atoms with Gasteiger partial charge < -0.3 is 4.57 Å². The SMILES string of the molecule is CC.CC.CC.CC.CCn1c2ccccc2c2c(-c3[c-]cccc3)[c-]ccc21.[Y]. The molecule has 161 valence electrons. The molecular formula is C28H39NY-2. The normalized spacial score (nSPS) is 8.70. The Hall–Kier alpha value is -1.44. The van der Waals surface area contributed by atoms with Crippen LogP contribution in [0.2, 0.25) is 0 Å². The van der Waals surface area contributed by atoms with Crippen LogP contribution in [-0.4, -0.2) is 4.57 Å². The minimum absolute atomic E-state index is 0. The van der Waals surface area contributed by atoms with E-state index in [0.717, 1.165) is 17.7 Å². The Morgan fingerprint density at radius 1 is 0.667 bits per heavy atom. The van der Waals surface area contributed by atoms with Gasteiger partial charge in [0.2, 0.25) is 0 Å². The van der Waals surface area contributed by atoms with E-state index in [-0.39, 0.29) is 32.7 Å². The summed E-state index contributed by atoms with van der Waals surface area (Å²) in [5.74, 6) is 0. The summed E-state index contributed by atoms with van der Waals surface area (Å²) >= 11 is 0. The minimum Gasteiger partial charge on any atom is -0.360 e. The summed E-state index contributed by atoms with van der Waals surface area (Å²) in [6.45, 7) is 19.2. The molecule has 1 aromatic heterocycles. The van der Waals surface area contributed by atoms with E-state index in [4.69, 9.17) is 0 Å². The monoisotopic (exact) mass is 478 g/mol. The molecule has 0 aliphatic heterocycles. The predicted molar refractivity (Wildman–Crippen MR) is 134 cm³/mol. The van der Waals surface area contributed by atoms with Crippen LogP contribution in [0, 0.1) is 12.1 Å². The van der Waals surface area contributed by atoms with Crippen molar-refractivity contribution in [2.24, 2.45) is 0 Å². The van der Waals surface area contributed by atoms with Crippen LogP contribution in [0.3, 0.4) is 0 Å². The molecule has 0 saturated carbocycles. The van der Waals surface area contributed by atoms with E-state index in [2.05, 4.69) is 66.1 Å². The molecule has 0 bridgehead atoms. The molecule has 0 spiro atoms. The maximum absolute atomic E-state index is 3.41. The Kier molecular flexibility index (Phi) is 18.8. The van der Waals surface area contributed by atoms with Gasteiger partial charge in [-0.15, -0.1) is 17.5 Å². The fourth-order valence-electron chi connectivity index (χ4n) is 3.14. The first-order valence-electron chi connectivity index (χ1n) is 11.3. The Bertz CT molecular complexity index is 923. The zero-order valence-electron chi connectivity index (χ0n) is 20.5. The summed E-state index contributed by atoms with van der Waals surface area (Å²) in [4.78, 5) is 0. The van der Waals surface area contributed by atoms with Crippen molar-refractivity contribution < 1.29 is 32.7 Å². The maximum Gasteiger partial charge on any atom is 0.0375 e. The standard InChI is InChI=1S/C20H15N.4C2H6.Y/c1-2-21-18-13-7-6-11-17(18)20-16(12-8-14-19(20)21)15-9-4-3-5-10-15;4*1-2;/h3-9,11,13-14H,2H2,1H3;4*1-2H3;/q-2;;;;;. The number of aromatic nitrogens is 1. The van der Waals surface area contributed by atoms with Gasteiger partial charge >= 0.3 is 0 Å². The number of fused-ring (bicyclic) bond motifs is 3. The van der Waals surface area contributed by atoms with E-state index in [1.165, 1.54) is 21.8 Å². The van der Waals surface area contributed by atoms with Gasteiger partial charge in [-0.1, -0.05) is 73.6 Å². The van der Waals surface area contributed by atoms with Crippen molar-refractivity contribution >= 4 is 21.8 Å². The summed E-state index contributed by atoms with van der Waals surface area (Å²) < 4.78 is 2.37. The number of hydrogen-bond donors (Lipinski definition) is 0. The molecule has 2 heteroatoms. The molecule has 0 fully saturated rings. The first-order valence-corrected chi connectivity index (χ1v) is 11.3. The van der Waals surface area contributed by atoms with E-state index in [1.54, 1.807) is 0 Å². The molecule has 0 saturated heterocycles. The molecular weight excluding hydrogens is 439 g/mol. The third-order valence-corrected chi connectivity index (χ3v) is 4.02. The Labute approximate surface area is 210 Å². The third-order valence-electron chi connectivity index (χ3n) is 4.02. The second-order valence-corrected chi connectivity index (χ2v) is 5.15. The van der Waals surface area contributed by atoms with E-state index in [0.29, 0.717) is 0 Å². The largest absolute Gasteiger partial charge is 0.360 e. The fraction of sp³-hybridized carbons (Fsp3) is 0.357. The van der Waals surface area contributed by atoms with Crippen molar-refractivity contribution in [3.8, 4) is 11.1 Å². The fourth-order valence-corrected chi connectivity index (χ4v) is 3.14. The van der Waals surface area contributed by atoms with Crippen LogP contribution in [0.15, 0.2) is 60.7 Å². The molecule has 4 aromatic rings. The van der Waals surface area contributed by atoms with E-state index >= 15 is 0 Å². The van der Waals surface area contributed by atoms with Gasteiger partial charge in [0.25, 0.3) is 0 Å². The number of aryl methyl sites for hydroxylation is 1. The van der Waals surface area contributed by atoms with Gasteiger partial charge in [0, 0.05) is 44.8 Å². The number of hydrogen-bond acceptors (Lipinski definition) is 0. The van der Waals surface area contributed by atoms with Gasteiger partial charge in [-0.05, 0) is 23.9 Å². The van der Waals surface area contributed by atoms with Gasteiger partial charge in [-0.2, -0.15) is 36.4 Å². The molecule has 0 aliphatic carbocycles. The van der Waals surface area contributed by atoms with Crippen LogP contribution in [0.1, 0.15) is 62.3 Å². The quantitative estimate of drug-likeness (QED) is 0.253. The molecule has 0 atom stereocenters. The Balaban J connectivity index is 0. The van der Waals surface area contributed by atoms with E-state index < -0.39 is 0 Å². The van der Waals surface area contributed by atoms with E-state index in [9.17, 15) is 0 Å². The smallest absolute Gasteiger partial charge is 0.0375 e. The zero-order chi connectivity index (χ0) is 22.2. The summed E-state index contributed by atoms with van der Waals surface area (Å²) in [6, 6.07) is 27.6. The summed E-state index contributed by atoms with van der Waals surface area (Å²) in [7, 11) is 0. The zero-order valence-corrected chi connectivity index (χ0v) is 23.3. The van der Waals surface area contributed by atoms with Gasteiger partial charge in [0.15, 0.2) is 0 Å². The van der Waals surface area contributed by atoms with Gasteiger partial charge in [-0.3, -0.25) is 0 Å². The van der Waals surface area contributed by atoms with Crippen LogP contribution in [0.4, 0.5) is 0 Å². The van der Waals surface area contributed by atoms with Crippen LogP contribution in [0.25, 0.3) is 32.9 Å². The second-order valence-electron chi connectivity index (χ2n) is 5.15. The maximum atomic E-state index is 3.41. The third kappa shape index (κ3) is 7.07. The first-order chi connectivity index (χ1) is 14.4. The molecule has 0 aliphatic rings. The average Bonchev–Trinajstić information content (AvgIpc) is 3.18. The van der Waals surface area contributed by atoms with Gasteiger partial charge in [-0.25, -0.2) is 11.1 Å². The van der Waals surface area contributed by atoms with Gasteiger partial charge in [0.1, 0.15) is 0 Å². The Morgan fingerprint density at radius 3 is 1.83 bits per heavy atom. The Morgan fingerprint density at radius 2 is 1.27 bits per heavy atom. The van der Waals surface area contributed by atoms with Crippen LogP contribution < -0.4 is 0 Å².